The van der Waals surface area contributed by atoms with Crippen molar-refractivity contribution in [3.8, 4) is 11.9 Å². The Morgan fingerprint density at radius 1 is 1.56 bits per heavy atom. The Morgan fingerprint density at radius 2 is 2.38 bits per heavy atom. The van der Waals surface area contributed by atoms with E-state index in [1.54, 1.807) is 0 Å². The number of aryl methyl sites for hydroxylation is 2. The smallest absolute Gasteiger partial charge is 0.232 e. The molecule has 1 aliphatic rings. The van der Waals surface area contributed by atoms with E-state index in [-0.39, 0.29) is 6.10 Å². The van der Waals surface area contributed by atoms with Gasteiger partial charge in [-0.3, -0.25) is 0 Å². The van der Waals surface area contributed by atoms with E-state index in [0.717, 1.165) is 31.4 Å². The van der Waals surface area contributed by atoms with Gasteiger partial charge in [-0.25, -0.2) is 4.98 Å². The van der Waals surface area contributed by atoms with Crippen molar-refractivity contribution in [1.82, 2.24) is 4.98 Å². The van der Waals surface area contributed by atoms with Gasteiger partial charge in [-0.15, -0.1) is 0 Å². The minimum atomic E-state index is 0.110. The molecule has 1 heterocycles. The van der Waals surface area contributed by atoms with E-state index in [4.69, 9.17) is 10.00 Å². The molecular formula is C13H16N2O. The van der Waals surface area contributed by atoms with Gasteiger partial charge in [-0.05, 0) is 44.2 Å². The molecule has 84 valence electrons. The molecule has 3 nitrogen and oxygen atoms in total. The summed E-state index contributed by atoms with van der Waals surface area (Å²) in [7, 11) is 0. The van der Waals surface area contributed by atoms with Gasteiger partial charge in [-0.1, -0.05) is 6.92 Å². The summed E-state index contributed by atoms with van der Waals surface area (Å²) in [6.45, 7) is 4.06. The molecule has 0 radical (unpaired) electrons. The summed E-state index contributed by atoms with van der Waals surface area (Å²) >= 11 is 0. The van der Waals surface area contributed by atoms with E-state index in [1.807, 2.05) is 13.0 Å². The first-order chi connectivity index (χ1) is 7.74. The number of ether oxygens (including phenoxy) is 1. The maximum atomic E-state index is 9.07. The van der Waals surface area contributed by atoms with Crippen LogP contribution in [0.1, 0.15) is 43.5 Å². The lowest BCUT2D eigenvalue weighted by Crippen LogP contribution is -2.12. The third-order valence-electron chi connectivity index (χ3n) is 3.02. The Labute approximate surface area is 96.1 Å². The van der Waals surface area contributed by atoms with Crippen molar-refractivity contribution in [2.24, 2.45) is 0 Å². The summed E-state index contributed by atoms with van der Waals surface area (Å²) in [5.74, 6) is 0.512. The Morgan fingerprint density at radius 3 is 3.06 bits per heavy atom. The maximum Gasteiger partial charge on any atom is 0.232 e. The lowest BCUT2D eigenvalue weighted by atomic mass is 10.1. The third-order valence-corrected chi connectivity index (χ3v) is 3.02. The Balaban J connectivity index is 2.33. The van der Waals surface area contributed by atoms with E-state index >= 15 is 0 Å². The molecule has 0 saturated heterocycles. The Bertz CT molecular complexity index is 434. The van der Waals surface area contributed by atoms with E-state index in [2.05, 4.69) is 18.0 Å². The molecule has 0 aromatic carbocycles. The van der Waals surface area contributed by atoms with Crippen molar-refractivity contribution >= 4 is 0 Å². The van der Waals surface area contributed by atoms with E-state index in [1.165, 1.54) is 5.56 Å². The zero-order valence-corrected chi connectivity index (χ0v) is 9.79. The minimum absolute atomic E-state index is 0.110. The number of pyridine rings is 1. The van der Waals surface area contributed by atoms with Gasteiger partial charge in [0.15, 0.2) is 0 Å². The number of rotatable bonds is 3. The number of aromatic nitrogens is 1. The highest BCUT2D eigenvalue weighted by molar-refractivity contribution is 5.44. The van der Waals surface area contributed by atoms with Crippen LogP contribution in [-0.4, -0.2) is 11.1 Å². The normalized spacial score (nSPS) is 15.3. The van der Waals surface area contributed by atoms with E-state index in [9.17, 15) is 0 Å². The molecule has 0 N–H and O–H groups in total. The molecule has 16 heavy (non-hydrogen) atoms. The second kappa shape index (κ2) is 4.52. The molecule has 0 aliphatic heterocycles. The molecule has 0 fully saturated rings. The highest BCUT2D eigenvalue weighted by Crippen LogP contribution is 2.26. The van der Waals surface area contributed by atoms with Crippen LogP contribution in [0.2, 0.25) is 0 Å². The predicted octanol–water partition coefficient (Wildman–Crippen LogP) is 2.62. The summed E-state index contributed by atoms with van der Waals surface area (Å²) in [6, 6.07) is 4.10. The second-order valence-electron chi connectivity index (χ2n) is 4.25. The molecule has 1 aromatic rings. The zero-order valence-electron chi connectivity index (χ0n) is 9.79. The average molecular weight is 216 g/mol. The van der Waals surface area contributed by atoms with Crippen LogP contribution in [0, 0.1) is 11.3 Å². The van der Waals surface area contributed by atoms with Crippen molar-refractivity contribution in [3.63, 3.8) is 0 Å². The van der Waals surface area contributed by atoms with Gasteiger partial charge in [0.2, 0.25) is 5.88 Å². The molecule has 0 amide bonds. The topological polar surface area (TPSA) is 45.9 Å². The van der Waals surface area contributed by atoms with Crippen LogP contribution < -0.4 is 4.74 Å². The Kier molecular flexibility index (Phi) is 3.09. The van der Waals surface area contributed by atoms with Crippen LogP contribution in [0.3, 0.4) is 0 Å². The van der Waals surface area contributed by atoms with Crippen LogP contribution in [0.4, 0.5) is 0 Å². The van der Waals surface area contributed by atoms with Gasteiger partial charge in [0.05, 0.1) is 6.10 Å². The molecule has 3 heteroatoms. The first-order valence-corrected chi connectivity index (χ1v) is 5.84. The van der Waals surface area contributed by atoms with E-state index in [0.29, 0.717) is 11.4 Å². The van der Waals surface area contributed by atoms with Crippen LogP contribution in [0.25, 0.3) is 0 Å². The van der Waals surface area contributed by atoms with Crippen LogP contribution in [0.5, 0.6) is 5.88 Å². The Hall–Kier alpha value is -1.56. The van der Waals surface area contributed by atoms with E-state index < -0.39 is 0 Å². The van der Waals surface area contributed by atoms with Crippen LogP contribution >= 0.6 is 0 Å². The quantitative estimate of drug-likeness (QED) is 0.780. The zero-order chi connectivity index (χ0) is 11.5. The first-order valence-electron chi connectivity index (χ1n) is 5.84. The van der Waals surface area contributed by atoms with Crippen LogP contribution in [-0.2, 0) is 12.8 Å². The maximum absolute atomic E-state index is 9.07. The van der Waals surface area contributed by atoms with Crippen molar-refractivity contribution in [2.75, 3.05) is 0 Å². The molecule has 0 spiro atoms. The molecule has 1 unspecified atom stereocenters. The number of hydrogen-bond acceptors (Lipinski definition) is 3. The summed E-state index contributed by atoms with van der Waals surface area (Å²) in [5, 5.41) is 9.07. The van der Waals surface area contributed by atoms with Crippen LogP contribution in [0.15, 0.2) is 6.07 Å². The van der Waals surface area contributed by atoms with Gasteiger partial charge < -0.3 is 4.74 Å². The standard InChI is InChI=1S/C13H16N2O/c1-3-9(2)16-13-11(8-14)7-10-5-4-6-12(10)15-13/h7,9H,3-6H2,1-2H3. The average Bonchev–Trinajstić information content (AvgIpc) is 2.74. The summed E-state index contributed by atoms with van der Waals surface area (Å²) in [4.78, 5) is 4.47. The van der Waals surface area contributed by atoms with Crippen molar-refractivity contribution in [2.45, 2.75) is 45.6 Å². The molecule has 0 saturated carbocycles. The monoisotopic (exact) mass is 216 g/mol. The second-order valence-corrected chi connectivity index (χ2v) is 4.25. The number of hydrogen-bond donors (Lipinski definition) is 0. The molecule has 1 atom stereocenters. The fourth-order valence-corrected chi connectivity index (χ4v) is 1.90. The lowest BCUT2D eigenvalue weighted by Gasteiger charge is -2.13. The van der Waals surface area contributed by atoms with Gasteiger partial charge in [0.1, 0.15) is 11.6 Å². The number of nitrogens with zero attached hydrogens (tertiary/aromatic N) is 2. The molecule has 2 rings (SSSR count). The van der Waals surface area contributed by atoms with Crippen molar-refractivity contribution < 1.29 is 4.74 Å². The summed E-state index contributed by atoms with van der Waals surface area (Å²) < 4.78 is 5.68. The largest absolute Gasteiger partial charge is 0.474 e. The minimum Gasteiger partial charge on any atom is -0.474 e. The fourth-order valence-electron chi connectivity index (χ4n) is 1.90. The predicted molar refractivity (Wildman–Crippen MR) is 61.4 cm³/mol. The molecule has 1 aliphatic carbocycles. The lowest BCUT2D eigenvalue weighted by molar-refractivity contribution is 0.207. The summed E-state index contributed by atoms with van der Waals surface area (Å²) in [5.41, 5.74) is 2.89. The van der Waals surface area contributed by atoms with Gasteiger partial charge in [0, 0.05) is 5.69 Å². The fraction of sp³-hybridized carbons (Fsp3) is 0.538. The molecule has 0 bridgehead atoms. The van der Waals surface area contributed by atoms with Crippen molar-refractivity contribution in [3.05, 3.63) is 22.9 Å². The van der Waals surface area contributed by atoms with Gasteiger partial charge >= 0.3 is 0 Å². The highest BCUT2D eigenvalue weighted by atomic mass is 16.5. The molecular weight excluding hydrogens is 200 g/mol. The first kappa shape index (κ1) is 10.9. The SMILES string of the molecule is CCC(C)Oc1nc2c(cc1C#N)CCC2. The van der Waals surface area contributed by atoms with Gasteiger partial charge in [-0.2, -0.15) is 5.26 Å². The summed E-state index contributed by atoms with van der Waals surface area (Å²) in [6.07, 6.45) is 4.22. The number of fused-ring (bicyclic) bond motifs is 1. The van der Waals surface area contributed by atoms with Gasteiger partial charge in [0.25, 0.3) is 0 Å². The number of nitriles is 1. The highest BCUT2D eigenvalue weighted by Gasteiger charge is 2.18. The molecule has 1 aromatic heterocycles. The van der Waals surface area contributed by atoms with Crippen molar-refractivity contribution in [1.29, 1.82) is 5.26 Å². The third kappa shape index (κ3) is 2.01.